The summed E-state index contributed by atoms with van der Waals surface area (Å²) in [6, 6.07) is 0.391. The minimum absolute atomic E-state index is 0.137. The molecule has 0 saturated carbocycles. The van der Waals surface area contributed by atoms with Crippen molar-refractivity contribution in [1.82, 2.24) is 20.4 Å². The molecule has 16 heavy (non-hydrogen) atoms. The molecule has 0 spiro atoms. The van der Waals surface area contributed by atoms with Crippen LogP contribution in [-0.2, 0) is 0 Å². The molecule has 88 valence electrons. The first-order chi connectivity index (χ1) is 7.66. The Morgan fingerprint density at radius 1 is 1.69 bits per heavy atom. The summed E-state index contributed by atoms with van der Waals surface area (Å²) in [4.78, 5) is 17.4. The van der Waals surface area contributed by atoms with Crippen molar-refractivity contribution in [3.63, 3.8) is 0 Å². The summed E-state index contributed by atoms with van der Waals surface area (Å²) in [7, 11) is 1.76. The van der Waals surface area contributed by atoms with Gasteiger partial charge in [-0.2, -0.15) is 4.98 Å². The highest BCUT2D eigenvalue weighted by atomic mass is 16.5. The van der Waals surface area contributed by atoms with Gasteiger partial charge in [-0.1, -0.05) is 5.16 Å². The van der Waals surface area contributed by atoms with Crippen LogP contribution < -0.4 is 5.32 Å². The fourth-order valence-corrected chi connectivity index (χ4v) is 1.88. The van der Waals surface area contributed by atoms with Gasteiger partial charge in [-0.3, -0.25) is 4.79 Å². The average molecular weight is 224 g/mol. The number of amides is 1. The van der Waals surface area contributed by atoms with Crippen LogP contribution in [0.4, 0.5) is 0 Å². The molecule has 1 fully saturated rings. The Hall–Kier alpha value is -1.43. The molecule has 1 amide bonds. The maximum atomic E-state index is 11.9. The second-order valence-electron chi connectivity index (χ2n) is 4.12. The summed E-state index contributed by atoms with van der Waals surface area (Å²) in [5.74, 6) is 0.360. The van der Waals surface area contributed by atoms with E-state index in [4.69, 9.17) is 4.52 Å². The van der Waals surface area contributed by atoms with Gasteiger partial charge in [0.15, 0.2) is 0 Å². The summed E-state index contributed by atoms with van der Waals surface area (Å²) in [6.45, 7) is 3.39. The standard InChI is InChI=1S/C10H16N4O2/c1-7-12-9(13-16-7)10(15)14(2)6-8-4-3-5-11-8/h8,11H,3-6H2,1-2H3. The molecule has 1 atom stereocenters. The van der Waals surface area contributed by atoms with Crippen molar-refractivity contribution in [3.05, 3.63) is 11.7 Å². The number of rotatable bonds is 3. The van der Waals surface area contributed by atoms with E-state index < -0.39 is 0 Å². The normalized spacial score (nSPS) is 20.0. The maximum absolute atomic E-state index is 11.9. The highest BCUT2D eigenvalue weighted by Gasteiger charge is 2.22. The van der Waals surface area contributed by atoms with E-state index in [1.165, 1.54) is 6.42 Å². The molecular weight excluding hydrogens is 208 g/mol. The Morgan fingerprint density at radius 2 is 2.50 bits per heavy atom. The van der Waals surface area contributed by atoms with E-state index in [1.807, 2.05) is 0 Å². The predicted molar refractivity (Wildman–Crippen MR) is 57.0 cm³/mol. The van der Waals surface area contributed by atoms with Gasteiger partial charge in [0.2, 0.25) is 5.89 Å². The number of hydrogen-bond acceptors (Lipinski definition) is 5. The fraction of sp³-hybridized carbons (Fsp3) is 0.700. The monoisotopic (exact) mass is 224 g/mol. The van der Waals surface area contributed by atoms with Gasteiger partial charge in [0.1, 0.15) is 0 Å². The largest absolute Gasteiger partial charge is 0.339 e. The van der Waals surface area contributed by atoms with Crippen molar-refractivity contribution in [2.45, 2.75) is 25.8 Å². The average Bonchev–Trinajstić information content (AvgIpc) is 2.88. The zero-order valence-corrected chi connectivity index (χ0v) is 9.56. The molecule has 6 nitrogen and oxygen atoms in total. The van der Waals surface area contributed by atoms with Gasteiger partial charge in [-0.15, -0.1) is 0 Å². The minimum Gasteiger partial charge on any atom is -0.339 e. The Labute approximate surface area is 94.0 Å². The molecule has 1 aliphatic rings. The smallest absolute Gasteiger partial charge is 0.295 e. The zero-order valence-electron chi connectivity index (χ0n) is 9.56. The number of aromatic nitrogens is 2. The van der Waals surface area contributed by atoms with Gasteiger partial charge < -0.3 is 14.7 Å². The first-order valence-corrected chi connectivity index (χ1v) is 5.46. The van der Waals surface area contributed by atoms with E-state index in [1.54, 1.807) is 18.9 Å². The van der Waals surface area contributed by atoms with Gasteiger partial charge in [-0.05, 0) is 19.4 Å². The number of carbonyl (C=O) groups excluding carboxylic acids is 1. The Bertz CT molecular complexity index is 371. The van der Waals surface area contributed by atoms with Crippen LogP contribution in [-0.4, -0.2) is 47.1 Å². The molecule has 1 aliphatic heterocycles. The summed E-state index contributed by atoms with van der Waals surface area (Å²) in [5.41, 5.74) is 0. The molecule has 2 rings (SSSR count). The van der Waals surface area contributed by atoms with Crippen molar-refractivity contribution in [2.75, 3.05) is 20.1 Å². The van der Waals surface area contributed by atoms with Crippen LogP contribution in [0.3, 0.4) is 0 Å². The number of nitrogens with one attached hydrogen (secondary N) is 1. The second kappa shape index (κ2) is 4.61. The lowest BCUT2D eigenvalue weighted by Crippen LogP contribution is -2.39. The molecule has 1 aromatic heterocycles. The molecule has 1 saturated heterocycles. The van der Waals surface area contributed by atoms with E-state index in [-0.39, 0.29) is 11.7 Å². The quantitative estimate of drug-likeness (QED) is 0.794. The third-order valence-electron chi connectivity index (χ3n) is 2.72. The molecule has 0 aromatic carbocycles. The second-order valence-corrected chi connectivity index (χ2v) is 4.12. The summed E-state index contributed by atoms with van der Waals surface area (Å²) in [6.07, 6.45) is 2.29. The molecular formula is C10H16N4O2. The zero-order chi connectivity index (χ0) is 11.5. The van der Waals surface area contributed by atoms with Crippen LogP contribution in [0.5, 0.6) is 0 Å². The molecule has 0 aliphatic carbocycles. The summed E-state index contributed by atoms with van der Waals surface area (Å²) >= 11 is 0. The Balaban J connectivity index is 1.93. The maximum Gasteiger partial charge on any atom is 0.295 e. The van der Waals surface area contributed by atoms with Gasteiger partial charge >= 0.3 is 0 Å². The third-order valence-corrected chi connectivity index (χ3v) is 2.72. The molecule has 2 heterocycles. The van der Waals surface area contributed by atoms with Gasteiger partial charge in [-0.25, -0.2) is 0 Å². The lowest BCUT2D eigenvalue weighted by molar-refractivity contribution is 0.0768. The topological polar surface area (TPSA) is 71.3 Å². The van der Waals surface area contributed by atoms with Crippen LogP contribution in [0.25, 0.3) is 0 Å². The number of aryl methyl sites for hydroxylation is 1. The van der Waals surface area contributed by atoms with Crippen LogP contribution in [0.15, 0.2) is 4.52 Å². The molecule has 0 bridgehead atoms. The van der Waals surface area contributed by atoms with Crippen LogP contribution >= 0.6 is 0 Å². The van der Waals surface area contributed by atoms with Crippen molar-refractivity contribution >= 4 is 5.91 Å². The molecule has 1 unspecified atom stereocenters. The Morgan fingerprint density at radius 3 is 3.06 bits per heavy atom. The van der Waals surface area contributed by atoms with E-state index >= 15 is 0 Å². The summed E-state index contributed by atoms with van der Waals surface area (Å²) < 4.78 is 4.78. The van der Waals surface area contributed by atoms with Crippen molar-refractivity contribution in [2.24, 2.45) is 0 Å². The molecule has 6 heteroatoms. The van der Waals surface area contributed by atoms with Crippen molar-refractivity contribution in [1.29, 1.82) is 0 Å². The van der Waals surface area contributed by atoms with Crippen LogP contribution in [0.1, 0.15) is 29.4 Å². The highest BCUT2D eigenvalue weighted by molar-refractivity contribution is 5.90. The fourth-order valence-electron chi connectivity index (χ4n) is 1.88. The van der Waals surface area contributed by atoms with Crippen molar-refractivity contribution < 1.29 is 9.32 Å². The van der Waals surface area contributed by atoms with Crippen molar-refractivity contribution in [3.8, 4) is 0 Å². The Kier molecular flexibility index (Phi) is 3.19. The minimum atomic E-state index is -0.189. The van der Waals surface area contributed by atoms with Crippen LogP contribution in [0, 0.1) is 6.92 Å². The van der Waals surface area contributed by atoms with E-state index in [9.17, 15) is 4.79 Å². The molecule has 1 aromatic rings. The predicted octanol–water partition coefficient (Wildman–Crippen LogP) is 0.202. The SMILES string of the molecule is Cc1nc(C(=O)N(C)CC2CCCN2)no1. The van der Waals surface area contributed by atoms with E-state index in [0.717, 1.165) is 13.0 Å². The van der Waals surface area contributed by atoms with Gasteiger partial charge in [0.25, 0.3) is 11.7 Å². The summed E-state index contributed by atoms with van der Waals surface area (Å²) in [5, 5.41) is 6.95. The third kappa shape index (κ3) is 2.38. The number of likely N-dealkylation sites (N-methyl/N-ethyl adjacent to an activating group) is 1. The number of hydrogen-bond donors (Lipinski definition) is 1. The van der Waals surface area contributed by atoms with E-state index in [0.29, 0.717) is 18.5 Å². The lowest BCUT2D eigenvalue weighted by atomic mass is 10.2. The molecule has 1 N–H and O–H groups in total. The molecule has 0 radical (unpaired) electrons. The van der Waals surface area contributed by atoms with Gasteiger partial charge in [0.05, 0.1) is 0 Å². The first kappa shape index (κ1) is 11.1. The van der Waals surface area contributed by atoms with Crippen LogP contribution in [0.2, 0.25) is 0 Å². The first-order valence-electron chi connectivity index (χ1n) is 5.46. The highest BCUT2D eigenvalue weighted by Crippen LogP contribution is 2.07. The van der Waals surface area contributed by atoms with Gasteiger partial charge in [0, 0.05) is 26.6 Å². The lowest BCUT2D eigenvalue weighted by Gasteiger charge is -2.19. The number of carbonyl (C=O) groups is 1. The van der Waals surface area contributed by atoms with E-state index in [2.05, 4.69) is 15.5 Å². The number of nitrogens with zero attached hydrogens (tertiary/aromatic N) is 3.